The lowest BCUT2D eigenvalue weighted by molar-refractivity contribution is -0.130. The number of amides is 1. The highest BCUT2D eigenvalue weighted by molar-refractivity contribution is 6.30. The van der Waals surface area contributed by atoms with E-state index < -0.39 is 47.3 Å². The monoisotopic (exact) mass is 589 g/mol. The predicted molar refractivity (Wildman–Crippen MR) is 149 cm³/mol. The minimum absolute atomic E-state index is 0.00309. The number of pyridine rings is 1. The fourth-order valence-corrected chi connectivity index (χ4v) is 5.08. The van der Waals surface area contributed by atoms with Crippen LogP contribution in [0.1, 0.15) is 67.1 Å². The van der Waals surface area contributed by atoms with Gasteiger partial charge in [-0.25, -0.2) is 9.37 Å². The number of ketones is 1. The number of ether oxygens (including phenoxy) is 1. The van der Waals surface area contributed by atoms with Crippen LogP contribution in [-0.4, -0.2) is 49.3 Å². The molecule has 2 aromatic heterocycles. The number of halogens is 2. The molecule has 4 aromatic rings. The van der Waals surface area contributed by atoms with Gasteiger partial charge in [0.25, 0.3) is 5.91 Å². The Balaban J connectivity index is 1.60. The summed E-state index contributed by atoms with van der Waals surface area (Å²) in [6, 6.07) is 12.7. The normalized spacial score (nSPS) is 20.6. The molecule has 1 amide bonds. The number of hydrogen-bond donors (Lipinski definition) is 1. The summed E-state index contributed by atoms with van der Waals surface area (Å²) in [5, 5.41) is 19.9. The van der Waals surface area contributed by atoms with Crippen molar-refractivity contribution in [2.75, 3.05) is 13.1 Å². The van der Waals surface area contributed by atoms with Gasteiger partial charge in [0.1, 0.15) is 17.6 Å². The van der Waals surface area contributed by atoms with Gasteiger partial charge in [-0.05, 0) is 49.2 Å². The van der Waals surface area contributed by atoms with Crippen LogP contribution >= 0.6 is 11.6 Å². The quantitative estimate of drug-likeness (QED) is 0.288. The first-order valence-electron chi connectivity index (χ1n) is 14.9. The highest BCUT2D eigenvalue weighted by atomic mass is 35.5. The standard InChI is InChI=1S/C31H25ClFN5O4/c1-37-15-26(36-18-37)28(40)20-10-24-27(25(33)11-20)31(21-3-5-22(32)6-4-21,42-17-30(16-39)8-9-30)38(29(24)41)14-23-7-2-19(12-34)13-35-23/h2-7,10-11,13,15,18,39H,8-9,14,16-17H2,1H3/i16D2,17D2. The molecule has 9 nitrogen and oxygen atoms in total. The van der Waals surface area contributed by atoms with Gasteiger partial charge in [0, 0.05) is 41.0 Å². The third-order valence-corrected chi connectivity index (χ3v) is 7.60. The Morgan fingerprint density at radius 1 is 1.24 bits per heavy atom. The SMILES string of the molecule is [2H]C([2H])(O)C1(C([2H])([2H])OC2(c3ccc(Cl)cc3)c3c(F)cc(C(=O)c4cn(C)cn4)cc3C(=O)N2Cc2ccc(C#N)cn2)CC1. The number of aryl methyl sites for hydroxylation is 1. The van der Waals surface area contributed by atoms with E-state index in [1.807, 2.05) is 6.07 Å². The second-order valence-corrected chi connectivity index (χ2v) is 10.7. The third kappa shape index (κ3) is 4.65. The Bertz CT molecular complexity index is 1920. The maximum absolute atomic E-state index is 16.6. The molecule has 2 aromatic carbocycles. The van der Waals surface area contributed by atoms with Gasteiger partial charge in [0.15, 0.2) is 5.72 Å². The van der Waals surface area contributed by atoms with E-state index in [-0.39, 0.29) is 58.1 Å². The first kappa shape index (κ1) is 23.2. The van der Waals surface area contributed by atoms with Gasteiger partial charge >= 0.3 is 0 Å². The number of nitriles is 1. The minimum atomic E-state index is -3.04. The Morgan fingerprint density at radius 3 is 2.60 bits per heavy atom. The van der Waals surface area contributed by atoms with E-state index in [0.29, 0.717) is 0 Å². The van der Waals surface area contributed by atoms with Crippen LogP contribution in [0.3, 0.4) is 0 Å². The first-order chi connectivity index (χ1) is 21.6. The van der Waals surface area contributed by atoms with Gasteiger partial charge in [0.05, 0.1) is 53.9 Å². The van der Waals surface area contributed by atoms with Gasteiger partial charge in [-0.15, -0.1) is 0 Å². The van der Waals surface area contributed by atoms with Gasteiger partial charge in [-0.2, -0.15) is 5.26 Å². The van der Waals surface area contributed by atoms with Crippen molar-refractivity contribution in [3.63, 3.8) is 0 Å². The number of carbonyl (C=O) groups excluding carboxylic acids is 2. The van der Waals surface area contributed by atoms with Crippen LogP contribution in [0.5, 0.6) is 0 Å². The molecule has 42 heavy (non-hydrogen) atoms. The molecule has 1 saturated carbocycles. The summed E-state index contributed by atoms with van der Waals surface area (Å²) in [4.78, 5) is 37.0. The molecule has 3 heterocycles. The average Bonchev–Trinajstić information content (AvgIpc) is 3.70. The van der Waals surface area contributed by atoms with E-state index in [9.17, 15) is 20.0 Å². The van der Waals surface area contributed by atoms with Gasteiger partial charge < -0.3 is 14.4 Å². The molecule has 0 radical (unpaired) electrons. The molecular weight excluding hydrogens is 561 g/mol. The van der Waals surface area contributed by atoms with Crippen LogP contribution in [0.2, 0.25) is 5.02 Å². The van der Waals surface area contributed by atoms with Crippen molar-refractivity contribution in [1.82, 2.24) is 19.4 Å². The zero-order valence-corrected chi connectivity index (χ0v) is 22.9. The van der Waals surface area contributed by atoms with Crippen molar-refractivity contribution >= 4 is 23.3 Å². The minimum Gasteiger partial charge on any atom is -0.396 e. The maximum atomic E-state index is 16.6. The lowest BCUT2D eigenvalue weighted by atomic mass is 9.90. The van der Waals surface area contributed by atoms with Gasteiger partial charge in [0.2, 0.25) is 5.78 Å². The van der Waals surface area contributed by atoms with Crippen molar-refractivity contribution in [2.45, 2.75) is 25.1 Å². The molecule has 1 N–H and O–H groups in total. The lowest BCUT2D eigenvalue weighted by Gasteiger charge is -2.40. The van der Waals surface area contributed by atoms with Crippen molar-refractivity contribution in [3.8, 4) is 6.07 Å². The van der Waals surface area contributed by atoms with Crippen LogP contribution in [-0.2, 0) is 24.1 Å². The Labute approximate surface area is 251 Å². The second kappa shape index (κ2) is 10.4. The molecule has 1 atom stereocenters. The number of fused-ring (bicyclic) bond motifs is 1. The highest BCUT2D eigenvalue weighted by Crippen LogP contribution is 2.52. The molecule has 11 heteroatoms. The van der Waals surface area contributed by atoms with Crippen LogP contribution in [0.15, 0.2) is 67.3 Å². The summed E-state index contributed by atoms with van der Waals surface area (Å²) in [7, 11) is 1.65. The second-order valence-electron chi connectivity index (χ2n) is 10.2. The number of hydrogen-bond acceptors (Lipinski definition) is 7. The first-order valence-corrected chi connectivity index (χ1v) is 13.2. The molecule has 0 spiro atoms. The summed E-state index contributed by atoms with van der Waals surface area (Å²) >= 11 is 6.18. The molecule has 1 fully saturated rings. The summed E-state index contributed by atoms with van der Waals surface area (Å²) in [6.07, 6.45) is 3.91. The number of nitrogens with zero attached hydrogens (tertiary/aromatic N) is 5. The summed E-state index contributed by atoms with van der Waals surface area (Å²) in [5.74, 6) is -2.59. The Hall–Kier alpha value is -4.43. The Kier molecular flexibility index (Phi) is 5.76. The maximum Gasteiger partial charge on any atom is 0.257 e. The lowest BCUT2D eigenvalue weighted by Crippen LogP contribution is -2.48. The van der Waals surface area contributed by atoms with E-state index in [2.05, 4.69) is 9.97 Å². The van der Waals surface area contributed by atoms with Gasteiger partial charge in [-0.1, -0.05) is 23.7 Å². The van der Waals surface area contributed by atoms with Crippen molar-refractivity contribution < 1.29 is 29.3 Å². The molecule has 1 unspecified atom stereocenters. The third-order valence-electron chi connectivity index (χ3n) is 7.35. The highest BCUT2D eigenvalue weighted by Gasteiger charge is 2.56. The molecule has 6 rings (SSSR count). The topological polar surface area (TPSA) is 121 Å². The smallest absolute Gasteiger partial charge is 0.257 e. The zero-order valence-electron chi connectivity index (χ0n) is 26.1. The van der Waals surface area contributed by atoms with Crippen LogP contribution in [0.4, 0.5) is 4.39 Å². The average molecular weight is 590 g/mol. The van der Waals surface area contributed by atoms with E-state index in [4.69, 9.17) is 21.8 Å². The van der Waals surface area contributed by atoms with E-state index in [0.717, 1.165) is 11.0 Å². The van der Waals surface area contributed by atoms with Crippen LogP contribution in [0, 0.1) is 22.6 Å². The van der Waals surface area contributed by atoms with Crippen LogP contribution in [0.25, 0.3) is 0 Å². The summed E-state index contributed by atoms with van der Waals surface area (Å²) in [5.41, 5.74) is -4.86. The number of aliphatic hydroxyl groups is 1. The number of aromatic nitrogens is 3. The number of rotatable bonds is 9. The summed E-state index contributed by atoms with van der Waals surface area (Å²) in [6.45, 7) is -6.42. The van der Waals surface area contributed by atoms with E-state index in [1.54, 1.807) is 7.05 Å². The molecule has 2 aliphatic rings. The van der Waals surface area contributed by atoms with Gasteiger partial charge in [-0.3, -0.25) is 19.5 Å². The fraction of sp³-hybridized carbons (Fsp3) is 0.258. The molecular formula is C31H25ClFN5O4. The molecule has 212 valence electrons. The summed E-state index contributed by atoms with van der Waals surface area (Å²) < 4.78 is 58.4. The number of imidazole rings is 1. The van der Waals surface area contributed by atoms with Crippen molar-refractivity contribution in [3.05, 3.63) is 117 Å². The number of benzene rings is 2. The van der Waals surface area contributed by atoms with Crippen molar-refractivity contribution in [2.24, 2.45) is 12.5 Å². The molecule has 0 bridgehead atoms. The predicted octanol–water partition coefficient (Wildman–Crippen LogP) is 4.36. The molecule has 1 aliphatic carbocycles. The largest absolute Gasteiger partial charge is 0.396 e. The zero-order chi connectivity index (χ0) is 33.2. The fourth-order valence-electron chi connectivity index (χ4n) is 4.96. The number of carbonyl (C=O) groups is 2. The van der Waals surface area contributed by atoms with E-state index in [1.165, 1.54) is 65.8 Å². The van der Waals surface area contributed by atoms with Crippen molar-refractivity contribution in [1.29, 1.82) is 5.26 Å². The van der Waals surface area contributed by atoms with Crippen LogP contribution < -0.4 is 0 Å². The molecule has 1 aliphatic heterocycles. The molecule has 0 saturated heterocycles. The van der Waals surface area contributed by atoms with E-state index >= 15 is 4.39 Å². The Morgan fingerprint density at radius 2 is 2.00 bits per heavy atom.